The van der Waals surface area contributed by atoms with E-state index in [9.17, 15) is 5.11 Å². The van der Waals surface area contributed by atoms with E-state index in [2.05, 4.69) is 10.1 Å². The lowest BCUT2D eigenvalue weighted by Crippen LogP contribution is -2.55. The first-order valence-electron chi connectivity index (χ1n) is 7.82. The van der Waals surface area contributed by atoms with E-state index in [1.807, 2.05) is 46.1 Å². The van der Waals surface area contributed by atoms with Gasteiger partial charge in [-0.1, -0.05) is 19.9 Å². The Labute approximate surface area is 139 Å². The van der Waals surface area contributed by atoms with Crippen molar-refractivity contribution in [3.8, 4) is 11.3 Å². The van der Waals surface area contributed by atoms with Crippen molar-refractivity contribution in [3.63, 3.8) is 0 Å². The highest BCUT2D eigenvalue weighted by Gasteiger charge is 2.43. The van der Waals surface area contributed by atoms with Crippen LogP contribution in [0.25, 0.3) is 11.3 Å². The van der Waals surface area contributed by atoms with E-state index in [1.165, 1.54) is 0 Å². The summed E-state index contributed by atoms with van der Waals surface area (Å²) >= 11 is 0. The quantitative estimate of drug-likeness (QED) is 0.828. The van der Waals surface area contributed by atoms with Crippen LogP contribution in [0.4, 0.5) is 0 Å². The van der Waals surface area contributed by atoms with Gasteiger partial charge in [0.2, 0.25) is 0 Å². The summed E-state index contributed by atoms with van der Waals surface area (Å²) in [4.78, 5) is 4.44. The van der Waals surface area contributed by atoms with Crippen molar-refractivity contribution >= 4 is 12.9 Å². The second-order valence-corrected chi connectivity index (χ2v) is 6.94. The number of hydrogen-bond acceptors (Lipinski definition) is 4. The third kappa shape index (κ3) is 3.82. The monoisotopic (exact) mass is 314 g/mol. The minimum absolute atomic E-state index is 0.154. The van der Waals surface area contributed by atoms with Crippen LogP contribution < -0.4 is 5.46 Å². The van der Waals surface area contributed by atoms with E-state index in [1.54, 1.807) is 38.4 Å². The van der Waals surface area contributed by atoms with Crippen LogP contribution >= 0.6 is 0 Å². The minimum Gasteiger partial charge on any atom is -0.426 e. The molecule has 1 atom stereocenters. The maximum absolute atomic E-state index is 10.4. The molecule has 0 fully saturated rings. The molecule has 0 saturated heterocycles. The summed E-state index contributed by atoms with van der Waals surface area (Å²) in [7, 11) is 3.54. The number of pyridine rings is 1. The van der Waals surface area contributed by atoms with Crippen LogP contribution in [0.2, 0.25) is 0 Å². The molecule has 0 aliphatic rings. The predicted octanol–water partition coefficient (Wildman–Crippen LogP) is 1.93. The molecule has 6 heteroatoms. The Balaban J connectivity index is 2.09. The first-order chi connectivity index (χ1) is 10.6. The van der Waals surface area contributed by atoms with Crippen molar-refractivity contribution in [2.75, 3.05) is 0 Å². The Morgan fingerprint density at radius 2 is 1.91 bits per heavy atom. The lowest BCUT2D eigenvalue weighted by molar-refractivity contribution is -0.126. The zero-order chi connectivity index (χ0) is 17.3. The minimum atomic E-state index is -0.958. The smallest absolute Gasteiger partial charge is 0.332 e. The molecule has 2 aromatic rings. The fourth-order valence-electron chi connectivity index (χ4n) is 2.38. The number of aliphatic hydroxyl groups is 1. The molecule has 0 saturated carbocycles. The topological polar surface area (TPSA) is 60.2 Å². The zero-order valence-corrected chi connectivity index (χ0v) is 14.7. The first kappa shape index (κ1) is 17.7. The molecule has 0 aliphatic carbocycles. The lowest BCUT2D eigenvalue weighted by atomic mass is 9.76. The van der Waals surface area contributed by atoms with Crippen LogP contribution in [0.15, 0.2) is 30.7 Å². The third-order valence-electron chi connectivity index (χ3n) is 4.54. The largest absolute Gasteiger partial charge is 0.426 e. The van der Waals surface area contributed by atoms with Gasteiger partial charge in [0.05, 0.1) is 23.1 Å². The van der Waals surface area contributed by atoms with Crippen molar-refractivity contribution in [2.24, 2.45) is 13.0 Å². The van der Waals surface area contributed by atoms with E-state index < -0.39 is 11.2 Å². The highest BCUT2D eigenvalue weighted by atomic mass is 16.5. The molecule has 5 nitrogen and oxygen atoms in total. The summed E-state index contributed by atoms with van der Waals surface area (Å²) in [6.45, 7) is 9.53. The Bertz CT molecular complexity index is 647. The van der Waals surface area contributed by atoms with Gasteiger partial charge in [-0.15, -0.1) is 0 Å². The number of hydrogen-bond donors (Lipinski definition) is 1. The molecule has 1 N–H and O–H groups in total. The van der Waals surface area contributed by atoms with Crippen molar-refractivity contribution in [3.05, 3.63) is 30.7 Å². The standard InChI is InChI=1S/C17H25BN3O2/c1-12(2)17(5,16(3,4)22)23-18-14-7-8-15(19-10-14)13-9-20-21(6)11-13/h7-12,22H,1-6H3. The summed E-state index contributed by atoms with van der Waals surface area (Å²) in [6, 6.07) is 3.88. The SMILES string of the molecule is CC(C)C(C)(O[B]c1ccc(-c2cnn(C)c2)nc1)C(C)(C)O. The summed E-state index contributed by atoms with van der Waals surface area (Å²) in [5.74, 6) is 0.154. The number of nitrogens with zero attached hydrogens (tertiary/aromatic N) is 3. The van der Waals surface area contributed by atoms with Crippen LogP contribution in [0.1, 0.15) is 34.6 Å². The summed E-state index contributed by atoms with van der Waals surface area (Å²) in [6.07, 6.45) is 5.46. The van der Waals surface area contributed by atoms with Crippen molar-refractivity contribution in [1.82, 2.24) is 14.8 Å². The normalized spacial score (nSPS) is 14.8. The number of aryl methyl sites for hydroxylation is 1. The van der Waals surface area contributed by atoms with Crippen LogP contribution in [0.5, 0.6) is 0 Å². The van der Waals surface area contributed by atoms with Crippen molar-refractivity contribution in [1.29, 1.82) is 0 Å². The summed E-state index contributed by atoms with van der Waals surface area (Å²) < 4.78 is 7.71. The number of rotatable bonds is 6. The van der Waals surface area contributed by atoms with Crippen LogP contribution in [0.3, 0.4) is 0 Å². The molecule has 1 unspecified atom stereocenters. The summed E-state index contributed by atoms with van der Waals surface area (Å²) in [5.41, 5.74) is 1.05. The molecule has 0 amide bonds. The molecule has 123 valence electrons. The molecule has 0 spiro atoms. The van der Waals surface area contributed by atoms with Gasteiger partial charge in [-0.05, 0) is 38.2 Å². The molecule has 0 bridgehead atoms. The molecule has 0 aliphatic heterocycles. The zero-order valence-electron chi connectivity index (χ0n) is 14.7. The second kappa shape index (κ2) is 6.45. The highest BCUT2D eigenvalue weighted by molar-refractivity contribution is 6.46. The van der Waals surface area contributed by atoms with Crippen LogP contribution in [-0.2, 0) is 11.7 Å². The van der Waals surface area contributed by atoms with Gasteiger partial charge in [0.1, 0.15) is 0 Å². The Morgan fingerprint density at radius 1 is 1.22 bits per heavy atom. The lowest BCUT2D eigenvalue weighted by Gasteiger charge is -2.44. The van der Waals surface area contributed by atoms with E-state index in [0.29, 0.717) is 0 Å². The molecule has 0 aromatic carbocycles. The average Bonchev–Trinajstić information content (AvgIpc) is 2.90. The van der Waals surface area contributed by atoms with Gasteiger partial charge in [-0.25, -0.2) is 0 Å². The molecular formula is C17H25BN3O2. The highest BCUT2D eigenvalue weighted by Crippen LogP contribution is 2.32. The Hall–Kier alpha value is -1.66. The predicted molar refractivity (Wildman–Crippen MR) is 92.5 cm³/mol. The van der Waals surface area contributed by atoms with Crippen molar-refractivity contribution in [2.45, 2.75) is 45.8 Å². The van der Waals surface area contributed by atoms with Gasteiger partial charge >= 0.3 is 7.48 Å². The van der Waals surface area contributed by atoms with Gasteiger partial charge in [0, 0.05) is 25.0 Å². The van der Waals surface area contributed by atoms with E-state index >= 15 is 0 Å². The second-order valence-electron chi connectivity index (χ2n) is 6.94. The maximum atomic E-state index is 10.4. The van der Waals surface area contributed by atoms with Gasteiger partial charge in [0.15, 0.2) is 0 Å². The molecule has 23 heavy (non-hydrogen) atoms. The van der Waals surface area contributed by atoms with Gasteiger partial charge in [-0.2, -0.15) is 5.10 Å². The fourth-order valence-corrected chi connectivity index (χ4v) is 2.38. The maximum Gasteiger partial charge on any atom is 0.332 e. The molecule has 2 aromatic heterocycles. The van der Waals surface area contributed by atoms with Gasteiger partial charge < -0.3 is 9.76 Å². The third-order valence-corrected chi connectivity index (χ3v) is 4.54. The van der Waals surface area contributed by atoms with E-state index in [0.717, 1.165) is 16.7 Å². The Kier molecular flexibility index (Phi) is 4.97. The molecule has 1 radical (unpaired) electrons. The number of aromatic nitrogens is 3. The van der Waals surface area contributed by atoms with Crippen LogP contribution in [-0.4, -0.2) is 38.6 Å². The average molecular weight is 314 g/mol. The molecule has 2 heterocycles. The van der Waals surface area contributed by atoms with Gasteiger partial charge in [-0.3, -0.25) is 9.67 Å². The van der Waals surface area contributed by atoms with Crippen molar-refractivity contribution < 1.29 is 9.76 Å². The fraction of sp³-hybridized carbons (Fsp3) is 0.529. The molecule has 2 rings (SSSR count). The molecular weight excluding hydrogens is 289 g/mol. The van der Waals surface area contributed by atoms with Crippen LogP contribution in [0, 0.1) is 5.92 Å². The first-order valence-corrected chi connectivity index (χ1v) is 7.82. The van der Waals surface area contributed by atoms with E-state index in [4.69, 9.17) is 4.65 Å². The van der Waals surface area contributed by atoms with Gasteiger partial charge in [0.25, 0.3) is 0 Å². The van der Waals surface area contributed by atoms with E-state index in [-0.39, 0.29) is 5.92 Å². The summed E-state index contributed by atoms with van der Waals surface area (Å²) in [5, 5.41) is 14.6. The Morgan fingerprint density at radius 3 is 2.35 bits per heavy atom.